The predicted octanol–water partition coefficient (Wildman–Crippen LogP) is 1.07. The summed E-state index contributed by atoms with van der Waals surface area (Å²) in [4.78, 5) is 18.5. The van der Waals surface area contributed by atoms with E-state index in [0.717, 1.165) is 11.3 Å². The Balaban J connectivity index is 1.72. The minimum absolute atomic E-state index is 0.347. The number of carbonyl (C=O) groups is 1. The molecule has 1 aromatic carbocycles. The molecule has 0 amide bonds. The van der Waals surface area contributed by atoms with E-state index < -0.39 is 6.04 Å². The molecule has 0 spiro atoms. The highest BCUT2D eigenvalue weighted by atomic mass is 16.5. The molecule has 0 bridgehead atoms. The summed E-state index contributed by atoms with van der Waals surface area (Å²) in [5.41, 5.74) is 7.73. The summed E-state index contributed by atoms with van der Waals surface area (Å²) in [5.74, 6) is -0.384. The number of esters is 1. The van der Waals surface area contributed by atoms with E-state index in [1.54, 1.807) is 12.5 Å². The third-order valence-corrected chi connectivity index (χ3v) is 2.78. The van der Waals surface area contributed by atoms with Crippen molar-refractivity contribution in [2.75, 3.05) is 6.61 Å². The van der Waals surface area contributed by atoms with Crippen LogP contribution >= 0.6 is 0 Å². The van der Waals surface area contributed by atoms with Gasteiger partial charge in [0.2, 0.25) is 0 Å². The van der Waals surface area contributed by atoms with E-state index in [1.807, 2.05) is 30.3 Å². The van der Waals surface area contributed by atoms with Crippen LogP contribution in [0.2, 0.25) is 0 Å². The second kappa shape index (κ2) is 6.70. The minimum Gasteiger partial charge on any atom is -0.464 e. The summed E-state index contributed by atoms with van der Waals surface area (Å²) in [6.07, 6.45) is 4.31. The van der Waals surface area contributed by atoms with E-state index in [1.165, 1.54) is 0 Å². The number of nitrogens with two attached hydrogens (primary N) is 1. The number of benzene rings is 1. The van der Waals surface area contributed by atoms with Crippen molar-refractivity contribution >= 4 is 5.97 Å². The van der Waals surface area contributed by atoms with Crippen LogP contribution in [0, 0.1) is 0 Å². The van der Waals surface area contributed by atoms with Crippen LogP contribution in [-0.4, -0.2) is 28.6 Å². The second-order valence-corrected chi connectivity index (χ2v) is 4.29. The molecule has 1 atom stereocenters. The number of nitrogens with one attached hydrogen (secondary N) is 1. The molecular weight excluding hydrogens is 242 g/mol. The van der Waals surface area contributed by atoms with Gasteiger partial charge in [-0.15, -0.1) is 0 Å². The number of carbonyl (C=O) groups excluding carboxylic acids is 1. The van der Waals surface area contributed by atoms with Crippen LogP contribution in [0.1, 0.15) is 11.3 Å². The van der Waals surface area contributed by atoms with Crippen LogP contribution in [0.4, 0.5) is 0 Å². The fourth-order valence-corrected chi connectivity index (χ4v) is 1.74. The van der Waals surface area contributed by atoms with Crippen LogP contribution in [0.3, 0.4) is 0 Å². The van der Waals surface area contributed by atoms with Crippen molar-refractivity contribution in [3.63, 3.8) is 0 Å². The van der Waals surface area contributed by atoms with E-state index >= 15 is 0 Å². The third-order valence-electron chi connectivity index (χ3n) is 2.78. The molecule has 0 saturated carbocycles. The lowest BCUT2D eigenvalue weighted by atomic mass is 10.1. The maximum absolute atomic E-state index is 11.7. The van der Waals surface area contributed by atoms with Crippen LogP contribution < -0.4 is 5.73 Å². The molecule has 0 radical (unpaired) electrons. The van der Waals surface area contributed by atoms with Crippen molar-refractivity contribution in [3.8, 4) is 0 Å². The Labute approximate surface area is 111 Å². The third kappa shape index (κ3) is 4.22. The van der Waals surface area contributed by atoms with Crippen molar-refractivity contribution in [3.05, 3.63) is 54.1 Å². The molecule has 0 fully saturated rings. The van der Waals surface area contributed by atoms with Gasteiger partial charge in [0.05, 0.1) is 12.9 Å². The summed E-state index contributed by atoms with van der Waals surface area (Å²) in [5, 5.41) is 0. The lowest BCUT2D eigenvalue weighted by Crippen LogP contribution is -2.34. The second-order valence-electron chi connectivity index (χ2n) is 4.29. The number of imidazole rings is 1. The standard InChI is InChI=1S/C14H17N3O2/c15-13(8-12-9-16-10-17-12)14(18)19-7-6-11-4-2-1-3-5-11/h1-5,9-10,13H,6-8,15H2,(H,16,17)/t13-/m0/s1. The molecule has 19 heavy (non-hydrogen) atoms. The fraction of sp³-hybridized carbons (Fsp3) is 0.286. The van der Waals surface area contributed by atoms with Crippen molar-refractivity contribution in [1.29, 1.82) is 0 Å². The largest absolute Gasteiger partial charge is 0.464 e. The Kier molecular flexibility index (Phi) is 4.69. The molecule has 0 aliphatic heterocycles. The highest BCUT2D eigenvalue weighted by molar-refractivity contribution is 5.75. The predicted molar refractivity (Wildman–Crippen MR) is 71.4 cm³/mol. The Morgan fingerprint density at radius 1 is 1.37 bits per heavy atom. The first kappa shape index (κ1) is 13.3. The highest BCUT2D eigenvalue weighted by Crippen LogP contribution is 2.02. The zero-order valence-corrected chi connectivity index (χ0v) is 10.6. The van der Waals surface area contributed by atoms with Crippen molar-refractivity contribution in [1.82, 2.24) is 9.97 Å². The molecule has 0 saturated heterocycles. The average Bonchev–Trinajstić information content (AvgIpc) is 2.92. The number of nitrogens with zero attached hydrogens (tertiary/aromatic N) is 1. The van der Waals surface area contributed by atoms with Gasteiger partial charge in [0.1, 0.15) is 6.04 Å². The molecule has 2 rings (SSSR count). The molecule has 1 heterocycles. The van der Waals surface area contributed by atoms with Gasteiger partial charge in [-0.05, 0) is 5.56 Å². The molecule has 0 unspecified atom stereocenters. The van der Waals surface area contributed by atoms with Gasteiger partial charge in [-0.2, -0.15) is 0 Å². The van der Waals surface area contributed by atoms with Crippen LogP contribution in [0.5, 0.6) is 0 Å². The Morgan fingerprint density at radius 3 is 2.84 bits per heavy atom. The number of H-pyrrole nitrogens is 1. The summed E-state index contributed by atoms with van der Waals surface area (Å²) < 4.78 is 5.16. The molecule has 0 aliphatic rings. The number of aromatic nitrogens is 2. The van der Waals surface area contributed by atoms with E-state index in [0.29, 0.717) is 19.4 Å². The van der Waals surface area contributed by atoms with Gasteiger partial charge in [-0.3, -0.25) is 4.79 Å². The van der Waals surface area contributed by atoms with E-state index in [2.05, 4.69) is 9.97 Å². The summed E-state index contributed by atoms with van der Waals surface area (Å²) in [6.45, 7) is 0.347. The van der Waals surface area contributed by atoms with Gasteiger partial charge in [-0.1, -0.05) is 30.3 Å². The molecule has 1 aromatic heterocycles. The molecule has 3 N–H and O–H groups in total. The van der Waals surface area contributed by atoms with E-state index in [4.69, 9.17) is 10.5 Å². The summed E-state index contributed by atoms with van der Waals surface area (Å²) in [7, 11) is 0. The Bertz CT molecular complexity index is 497. The number of hydrogen-bond acceptors (Lipinski definition) is 4. The molecule has 100 valence electrons. The van der Waals surface area contributed by atoms with Gasteiger partial charge in [-0.25, -0.2) is 4.98 Å². The van der Waals surface area contributed by atoms with Crippen molar-refractivity contribution < 1.29 is 9.53 Å². The average molecular weight is 259 g/mol. The van der Waals surface area contributed by atoms with Gasteiger partial charge in [0, 0.05) is 24.7 Å². The zero-order valence-electron chi connectivity index (χ0n) is 10.6. The van der Waals surface area contributed by atoms with Crippen molar-refractivity contribution in [2.24, 2.45) is 5.73 Å². The first-order chi connectivity index (χ1) is 9.25. The molecule has 0 aliphatic carbocycles. The number of aromatic amines is 1. The zero-order chi connectivity index (χ0) is 13.5. The quantitative estimate of drug-likeness (QED) is 0.760. The van der Waals surface area contributed by atoms with Gasteiger partial charge in [0.25, 0.3) is 0 Å². The maximum Gasteiger partial charge on any atom is 0.323 e. The highest BCUT2D eigenvalue weighted by Gasteiger charge is 2.16. The summed E-state index contributed by atoms with van der Waals surface area (Å²) in [6, 6.07) is 9.21. The first-order valence-corrected chi connectivity index (χ1v) is 6.19. The molecular formula is C14H17N3O2. The van der Waals surface area contributed by atoms with Gasteiger partial charge in [0.15, 0.2) is 0 Å². The topological polar surface area (TPSA) is 81.0 Å². The number of hydrogen-bond donors (Lipinski definition) is 2. The minimum atomic E-state index is -0.656. The van der Waals surface area contributed by atoms with E-state index in [-0.39, 0.29) is 5.97 Å². The van der Waals surface area contributed by atoms with Crippen LogP contribution in [-0.2, 0) is 22.4 Å². The lowest BCUT2D eigenvalue weighted by Gasteiger charge is -2.10. The first-order valence-electron chi connectivity index (χ1n) is 6.19. The molecule has 2 aromatic rings. The Morgan fingerprint density at radius 2 is 2.16 bits per heavy atom. The van der Waals surface area contributed by atoms with Crippen LogP contribution in [0.15, 0.2) is 42.9 Å². The smallest absolute Gasteiger partial charge is 0.323 e. The van der Waals surface area contributed by atoms with Gasteiger partial charge < -0.3 is 15.5 Å². The van der Waals surface area contributed by atoms with Crippen molar-refractivity contribution in [2.45, 2.75) is 18.9 Å². The fourth-order valence-electron chi connectivity index (χ4n) is 1.74. The monoisotopic (exact) mass is 259 g/mol. The normalized spacial score (nSPS) is 12.1. The van der Waals surface area contributed by atoms with Crippen LogP contribution in [0.25, 0.3) is 0 Å². The maximum atomic E-state index is 11.7. The lowest BCUT2D eigenvalue weighted by molar-refractivity contribution is -0.145. The molecule has 5 nitrogen and oxygen atoms in total. The van der Waals surface area contributed by atoms with Gasteiger partial charge >= 0.3 is 5.97 Å². The summed E-state index contributed by atoms with van der Waals surface area (Å²) >= 11 is 0. The SMILES string of the molecule is N[C@@H](Cc1cnc[nH]1)C(=O)OCCc1ccccc1. The Hall–Kier alpha value is -2.14. The number of rotatable bonds is 6. The van der Waals surface area contributed by atoms with E-state index in [9.17, 15) is 4.79 Å². The number of ether oxygens (including phenoxy) is 1. The molecule has 5 heteroatoms.